The van der Waals surface area contributed by atoms with Crippen LogP contribution in [-0.4, -0.2) is 32.5 Å². The van der Waals surface area contributed by atoms with Crippen molar-refractivity contribution in [2.24, 2.45) is 0 Å². The van der Waals surface area contributed by atoms with E-state index in [-0.39, 0.29) is 11.1 Å². The normalized spacial score (nSPS) is 11.2. The van der Waals surface area contributed by atoms with Crippen LogP contribution >= 0.6 is 0 Å². The highest BCUT2D eigenvalue weighted by atomic mass is 19.3. The van der Waals surface area contributed by atoms with Crippen molar-refractivity contribution in [3.63, 3.8) is 0 Å². The molecule has 1 aromatic carbocycles. The molecule has 1 heterocycles. The highest BCUT2D eigenvalue weighted by Gasteiger charge is 2.15. The first-order chi connectivity index (χ1) is 7.59. The topological polar surface area (TPSA) is 68.0 Å². The molecule has 1 aromatic heterocycles. The Labute approximate surface area is 88.3 Å². The van der Waals surface area contributed by atoms with Crippen LogP contribution in [-0.2, 0) is 6.54 Å². The molecule has 0 atom stereocenters. The van der Waals surface area contributed by atoms with Crippen molar-refractivity contribution in [3.05, 3.63) is 23.8 Å². The number of hydrogen-bond donors (Lipinski definition) is 1. The molecule has 84 valence electrons. The second kappa shape index (κ2) is 3.84. The van der Waals surface area contributed by atoms with E-state index in [0.717, 1.165) is 4.68 Å². The fourth-order valence-corrected chi connectivity index (χ4v) is 1.43. The first kappa shape index (κ1) is 10.5. The van der Waals surface area contributed by atoms with Crippen LogP contribution in [0.25, 0.3) is 11.0 Å². The van der Waals surface area contributed by atoms with E-state index in [1.54, 1.807) is 0 Å². The van der Waals surface area contributed by atoms with E-state index < -0.39 is 18.9 Å². The van der Waals surface area contributed by atoms with E-state index in [1.807, 2.05) is 0 Å². The third kappa shape index (κ3) is 1.71. The lowest BCUT2D eigenvalue weighted by Gasteiger charge is -2.00. The maximum Gasteiger partial charge on any atom is 0.338 e. The van der Waals surface area contributed by atoms with Gasteiger partial charge in [0.15, 0.2) is 0 Å². The predicted octanol–water partition coefficient (Wildman–Crippen LogP) is 1.39. The Morgan fingerprint density at radius 3 is 2.88 bits per heavy atom. The van der Waals surface area contributed by atoms with Gasteiger partial charge >= 0.3 is 5.97 Å². The number of rotatable bonds is 3. The Morgan fingerprint density at radius 1 is 1.50 bits per heavy atom. The van der Waals surface area contributed by atoms with Crippen LogP contribution in [0.3, 0.4) is 0 Å². The number of carbonyl (C=O) groups is 1. The van der Waals surface area contributed by atoms with Gasteiger partial charge in [0.1, 0.15) is 12.1 Å². The first-order valence-corrected chi connectivity index (χ1v) is 4.43. The molecule has 2 rings (SSSR count). The number of benzene rings is 1. The second-order valence-corrected chi connectivity index (χ2v) is 3.14. The van der Waals surface area contributed by atoms with E-state index >= 15 is 0 Å². The van der Waals surface area contributed by atoms with Crippen LogP contribution in [0, 0.1) is 0 Å². The van der Waals surface area contributed by atoms with Gasteiger partial charge in [0.2, 0.25) is 0 Å². The number of fused-ring (bicyclic) bond motifs is 1. The van der Waals surface area contributed by atoms with Crippen molar-refractivity contribution in [2.75, 3.05) is 0 Å². The van der Waals surface area contributed by atoms with Gasteiger partial charge in [-0.15, -0.1) is 5.10 Å². The molecule has 0 saturated carbocycles. The number of hydrogen-bond acceptors (Lipinski definition) is 3. The van der Waals surface area contributed by atoms with Crippen LogP contribution in [0.15, 0.2) is 18.2 Å². The molecule has 0 radical (unpaired) electrons. The molecule has 0 fully saturated rings. The van der Waals surface area contributed by atoms with Crippen LogP contribution < -0.4 is 0 Å². The molecule has 0 aliphatic heterocycles. The molecule has 1 N–H and O–H groups in total. The number of aromatic carboxylic acids is 1. The molecule has 2 aromatic rings. The lowest BCUT2D eigenvalue weighted by Crippen LogP contribution is -2.08. The lowest BCUT2D eigenvalue weighted by molar-refractivity contribution is 0.0698. The Morgan fingerprint density at radius 2 is 2.25 bits per heavy atom. The standard InChI is InChI=1S/C9H7F2N3O2/c10-7(11)4-14-6-3-1-2-5(9(15)16)8(6)12-13-14/h1-3,7H,4H2,(H,15,16). The number of carboxylic acid groups (broad SMARTS) is 1. The van der Waals surface area contributed by atoms with Gasteiger partial charge < -0.3 is 5.11 Å². The Kier molecular flexibility index (Phi) is 2.51. The van der Waals surface area contributed by atoms with Crippen molar-refractivity contribution in [2.45, 2.75) is 13.0 Å². The molecule has 16 heavy (non-hydrogen) atoms. The highest BCUT2D eigenvalue weighted by Crippen LogP contribution is 2.16. The van der Waals surface area contributed by atoms with Crippen LogP contribution in [0.2, 0.25) is 0 Å². The van der Waals surface area contributed by atoms with Crippen LogP contribution in [0.5, 0.6) is 0 Å². The molecule has 7 heteroatoms. The third-order valence-corrected chi connectivity index (χ3v) is 2.09. The molecular formula is C9H7F2N3O2. The van der Waals surface area contributed by atoms with Gasteiger partial charge in [0.05, 0.1) is 11.1 Å². The number of aromatic nitrogens is 3. The van der Waals surface area contributed by atoms with E-state index in [0.29, 0.717) is 5.52 Å². The van der Waals surface area contributed by atoms with Gasteiger partial charge in [0, 0.05) is 0 Å². The smallest absolute Gasteiger partial charge is 0.338 e. The molecule has 0 aliphatic rings. The largest absolute Gasteiger partial charge is 0.478 e. The quantitative estimate of drug-likeness (QED) is 0.860. The summed E-state index contributed by atoms with van der Waals surface area (Å²) in [5.74, 6) is -1.16. The third-order valence-electron chi connectivity index (χ3n) is 2.09. The fourth-order valence-electron chi connectivity index (χ4n) is 1.43. The van der Waals surface area contributed by atoms with Crippen molar-refractivity contribution in [1.82, 2.24) is 15.0 Å². The Hall–Kier alpha value is -2.05. The predicted molar refractivity (Wildman–Crippen MR) is 50.5 cm³/mol. The van der Waals surface area contributed by atoms with Crippen molar-refractivity contribution >= 4 is 17.0 Å². The number of alkyl halides is 2. The second-order valence-electron chi connectivity index (χ2n) is 3.14. The van der Waals surface area contributed by atoms with E-state index in [4.69, 9.17) is 5.11 Å². The summed E-state index contributed by atoms with van der Waals surface area (Å²) < 4.78 is 25.4. The van der Waals surface area contributed by atoms with E-state index in [9.17, 15) is 13.6 Å². The van der Waals surface area contributed by atoms with Crippen LogP contribution in [0.4, 0.5) is 8.78 Å². The molecule has 0 unspecified atom stereocenters. The molecule has 0 aliphatic carbocycles. The maximum absolute atomic E-state index is 12.2. The molecule has 5 nitrogen and oxygen atoms in total. The minimum atomic E-state index is -2.56. The van der Waals surface area contributed by atoms with E-state index in [1.165, 1.54) is 18.2 Å². The number of nitrogens with zero attached hydrogens (tertiary/aromatic N) is 3. The summed E-state index contributed by atoms with van der Waals surface area (Å²) in [5, 5.41) is 15.9. The summed E-state index contributed by atoms with van der Waals surface area (Å²) in [6.07, 6.45) is -2.56. The van der Waals surface area contributed by atoms with Gasteiger partial charge in [-0.2, -0.15) is 0 Å². The summed E-state index contributed by atoms with van der Waals surface area (Å²) in [6, 6.07) is 4.33. The summed E-state index contributed by atoms with van der Waals surface area (Å²) in [6.45, 7) is -0.598. The summed E-state index contributed by atoms with van der Waals surface area (Å²) >= 11 is 0. The Bertz CT molecular complexity index is 539. The van der Waals surface area contributed by atoms with Crippen molar-refractivity contribution in [3.8, 4) is 0 Å². The van der Waals surface area contributed by atoms with E-state index in [2.05, 4.69) is 10.3 Å². The number of halogens is 2. The highest BCUT2D eigenvalue weighted by molar-refractivity contribution is 6.00. The lowest BCUT2D eigenvalue weighted by atomic mass is 10.2. The van der Waals surface area contributed by atoms with Crippen LogP contribution in [0.1, 0.15) is 10.4 Å². The fraction of sp³-hybridized carbons (Fsp3) is 0.222. The van der Waals surface area contributed by atoms with Gasteiger partial charge in [-0.3, -0.25) is 0 Å². The zero-order valence-electron chi connectivity index (χ0n) is 7.97. The van der Waals surface area contributed by atoms with Gasteiger partial charge in [-0.05, 0) is 12.1 Å². The molecular weight excluding hydrogens is 220 g/mol. The zero-order valence-corrected chi connectivity index (χ0v) is 7.97. The Balaban J connectivity index is 2.57. The molecule has 0 amide bonds. The minimum Gasteiger partial charge on any atom is -0.478 e. The number of carboxylic acids is 1. The average Bonchev–Trinajstić information content (AvgIpc) is 2.60. The SMILES string of the molecule is O=C(O)c1cccc2c1nnn2CC(F)F. The molecule has 0 saturated heterocycles. The first-order valence-electron chi connectivity index (χ1n) is 4.43. The monoisotopic (exact) mass is 227 g/mol. The molecule has 0 bridgehead atoms. The summed E-state index contributed by atoms with van der Waals surface area (Å²) in [4.78, 5) is 10.8. The maximum atomic E-state index is 12.2. The summed E-state index contributed by atoms with van der Waals surface area (Å²) in [5.41, 5.74) is 0.369. The van der Waals surface area contributed by atoms with Gasteiger partial charge in [-0.25, -0.2) is 18.3 Å². The molecule has 0 spiro atoms. The zero-order chi connectivity index (χ0) is 11.7. The van der Waals surface area contributed by atoms with Crippen molar-refractivity contribution < 1.29 is 18.7 Å². The van der Waals surface area contributed by atoms with Gasteiger partial charge in [-0.1, -0.05) is 11.3 Å². The average molecular weight is 227 g/mol. The summed E-state index contributed by atoms with van der Waals surface area (Å²) in [7, 11) is 0. The van der Waals surface area contributed by atoms with Crippen molar-refractivity contribution in [1.29, 1.82) is 0 Å². The van der Waals surface area contributed by atoms with Gasteiger partial charge in [0.25, 0.3) is 6.43 Å². The minimum absolute atomic E-state index is 0.0435.